The number of para-hydroxylation sites is 1. The van der Waals surface area contributed by atoms with Crippen molar-refractivity contribution in [2.45, 2.75) is 6.54 Å². The minimum Gasteiger partial charge on any atom is -0.506 e. The van der Waals surface area contributed by atoms with Crippen molar-refractivity contribution in [3.8, 4) is 5.75 Å². The van der Waals surface area contributed by atoms with Crippen LogP contribution in [-0.2, 0) is 16.4 Å². The molecule has 0 aliphatic heterocycles. The normalized spacial score (nSPS) is 12.0. The van der Waals surface area contributed by atoms with E-state index in [1.807, 2.05) is 4.90 Å². The Bertz CT molecular complexity index is 487. The molecular formula is C11H16ClNO3S. The van der Waals surface area contributed by atoms with E-state index in [4.69, 9.17) is 11.6 Å². The molecule has 0 spiro atoms. The summed E-state index contributed by atoms with van der Waals surface area (Å²) in [5.74, 6) is 0.158. The number of nitrogens with zero attached hydrogens (tertiary/aromatic N) is 1. The molecule has 0 aliphatic carbocycles. The van der Waals surface area contributed by atoms with Gasteiger partial charge >= 0.3 is 0 Å². The van der Waals surface area contributed by atoms with Crippen molar-refractivity contribution in [1.29, 1.82) is 0 Å². The van der Waals surface area contributed by atoms with Crippen LogP contribution in [0.5, 0.6) is 5.75 Å². The molecule has 0 aromatic heterocycles. The topological polar surface area (TPSA) is 57.6 Å². The fraction of sp³-hybridized carbons (Fsp3) is 0.455. The van der Waals surface area contributed by atoms with Crippen LogP contribution < -0.4 is 0 Å². The second-order valence-electron chi connectivity index (χ2n) is 4.12. The third-order valence-electron chi connectivity index (χ3n) is 2.35. The number of phenols is 1. The summed E-state index contributed by atoms with van der Waals surface area (Å²) < 4.78 is 22.0. The smallest absolute Gasteiger partial charge is 0.148 e. The van der Waals surface area contributed by atoms with Gasteiger partial charge in [0.15, 0.2) is 0 Å². The van der Waals surface area contributed by atoms with E-state index in [0.717, 1.165) is 0 Å². The zero-order valence-corrected chi connectivity index (χ0v) is 11.4. The summed E-state index contributed by atoms with van der Waals surface area (Å²) >= 11 is 5.78. The molecule has 0 amide bonds. The fourth-order valence-electron chi connectivity index (χ4n) is 1.38. The predicted molar refractivity (Wildman–Crippen MR) is 69.2 cm³/mol. The number of hydrogen-bond acceptors (Lipinski definition) is 4. The zero-order chi connectivity index (χ0) is 13.1. The lowest BCUT2D eigenvalue weighted by Gasteiger charge is -2.17. The molecule has 0 unspecified atom stereocenters. The van der Waals surface area contributed by atoms with Gasteiger partial charge in [-0.3, -0.25) is 0 Å². The van der Waals surface area contributed by atoms with Gasteiger partial charge in [0.1, 0.15) is 15.6 Å². The third-order valence-corrected chi connectivity index (χ3v) is 3.58. The average molecular weight is 278 g/mol. The first-order valence-electron chi connectivity index (χ1n) is 5.12. The maximum atomic E-state index is 11.0. The lowest BCUT2D eigenvalue weighted by molar-refractivity contribution is 0.338. The number of phenolic OH excluding ortho intramolecular Hbond substituents is 1. The molecule has 0 saturated carbocycles. The number of halogens is 1. The molecule has 0 saturated heterocycles. The van der Waals surface area contributed by atoms with Crippen molar-refractivity contribution >= 4 is 21.4 Å². The van der Waals surface area contributed by atoms with Crippen LogP contribution in [0.4, 0.5) is 0 Å². The monoisotopic (exact) mass is 277 g/mol. The molecular weight excluding hydrogens is 262 g/mol. The SMILES string of the molecule is CN(CCS(C)(=O)=O)Cc1cccc(Cl)c1O. The van der Waals surface area contributed by atoms with E-state index in [0.29, 0.717) is 23.7 Å². The summed E-state index contributed by atoms with van der Waals surface area (Å²) in [6.45, 7) is 0.882. The van der Waals surface area contributed by atoms with Crippen LogP contribution in [0.2, 0.25) is 5.02 Å². The van der Waals surface area contributed by atoms with Crippen LogP contribution in [0.25, 0.3) is 0 Å². The van der Waals surface area contributed by atoms with Crippen molar-refractivity contribution in [3.05, 3.63) is 28.8 Å². The van der Waals surface area contributed by atoms with Crippen LogP contribution >= 0.6 is 11.6 Å². The van der Waals surface area contributed by atoms with Crippen LogP contribution in [0.3, 0.4) is 0 Å². The number of rotatable bonds is 5. The van der Waals surface area contributed by atoms with Crippen molar-refractivity contribution < 1.29 is 13.5 Å². The molecule has 1 aromatic rings. The van der Waals surface area contributed by atoms with Crippen LogP contribution in [-0.4, -0.2) is 44.0 Å². The Labute approximate surface area is 107 Å². The van der Waals surface area contributed by atoms with Gasteiger partial charge in [-0.25, -0.2) is 8.42 Å². The Morgan fingerprint density at radius 3 is 2.65 bits per heavy atom. The van der Waals surface area contributed by atoms with Gasteiger partial charge in [-0.2, -0.15) is 0 Å². The van der Waals surface area contributed by atoms with Gasteiger partial charge < -0.3 is 10.0 Å². The molecule has 0 aliphatic rings. The maximum Gasteiger partial charge on any atom is 0.148 e. The highest BCUT2D eigenvalue weighted by atomic mass is 35.5. The van der Waals surface area contributed by atoms with Gasteiger partial charge in [0.05, 0.1) is 10.8 Å². The lowest BCUT2D eigenvalue weighted by atomic mass is 10.2. The Morgan fingerprint density at radius 2 is 2.06 bits per heavy atom. The summed E-state index contributed by atoms with van der Waals surface area (Å²) in [5.41, 5.74) is 0.688. The highest BCUT2D eigenvalue weighted by Crippen LogP contribution is 2.27. The summed E-state index contributed by atoms with van der Waals surface area (Å²) in [5, 5.41) is 10.0. The number of sulfone groups is 1. The molecule has 0 heterocycles. The first kappa shape index (κ1) is 14.3. The minimum atomic E-state index is -2.96. The molecule has 0 atom stereocenters. The van der Waals surface area contributed by atoms with Crippen LogP contribution in [0.1, 0.15) is 5.56 Å². The molecule has 1 N–H and O–H groups in total. The van der Waals surface area contributed by atoms with Gasteiger partial charge in [-0.15, -0.1) is 0 Å². The summed E-state index contributed by atoms with van der Waals surface area (Å²) in [7, 11) is -1.16. The second kappa shape index (κ2) is 5.71. The van der Waals surface area contributed by atoms with E-state index >= 15 is 0 Å². The van der Waals surface area contributed by atoms with E-state index in [1.165, 1.54) is 6.26 Å². The fourth-order valence-corrected chi connectivity index (χ4v) is 2.22. The molecule has 0 bridgehead atoms. The number of benzene rings is 1. The molecule has 17 heavy (non-hydrogen) atoms. The van der Waals surface area contributed by atoms with Crippen molar-refractivity contribution in [2.75, 3.05) is 25.6 Å². The Hall–Kier alpha value is -0.780. The molecule has 96 valence electrons. The van der Waals surface area contributed by atoms with Gasteiger partial charge in [-0.05, 0) is 13.1 Å². The van der Waals surface area contributed by atoms with Crippen LogP contribution in [0.15, 0.2) is 18.2 Å². The Kier molecular flexibility index (Phi) is 4.80. The quantitative estimate of drug-likeness (QED) is 0.887. The number of hydrogen-bond donors (Lipinski definition) is 1. The van der Waals surface area contributed by atoms with E-state index < -0.39 is 9.84 Å². The molecule has 1 aromatic carbocycles. The second-order valence-corrected chi connectivity index (χ2v) is 6.78. The highest BCUT2D eigenvalue weighted by molar-refractivity contribution is 7.90. The average Bonchev–Trinajstić information content (AvgIpc) is 2.21. The van der Waals surface area contributed by atoms with E-state index in [1.54, 1.807) is 25.2 Å². The van der Waals surface area contributed by atoms with E-state index in [2.05, 4.69) is 0 Å². The van der Waals surface area contributed by atoms with E-state index in [-0.39, 0.29) is 11.5 Å². The van der Waals surface area contributed by atoms with Gasteiger partial charge in [0.2, 0.25) is 0 Å². The van der Waals surface area contributed by atoms with Gasteiger partial charge in [-0.1, -0.05) is 23.7 Å². The van der Waals surface area contributed by atoms with Gasteiger partial charge in [0.25, 0.3) is 0 Å². The van der Waals surface area contributed by atoms with Gasteiger partial charge in [0, 0.05) is 24.9 Å². The Morgan fingerprint density at radius 1 is 1.41 bits per heavy atom. The van der Waals surface area contributed by atoms with Crippen molar-refractivity contribution in [2.24, 2.45) is 0 Å². The molecule has 6 heteroatoms. The maximum absolute atomic E-state index is 11.0. The number of aromatic hydroxyl groups is 1. The molecule has 0 fully saturated rings. The predicted octanol–water partition coefficient (Wildman–Crippen LogP) is 1.52. The zero-order valence-electron chi connectivity index (χ0n) is 9.85. The summed E-state index contributed by atoms with van der Waals surface area (Å²) in [6, 6.07) is 5.12. The molecule has 4 nitrogen and oxygen atoms in total. The van der Waals surface area contributed by atoms with E-state index in [9.17, 15) is 13.5 Å². The van der Waals surface area contributed by atoms with Crippen molar-refractivity contribution in [3.63, 3.8) is 0 Å². The lowest BCUT2D eigenvalue weighted by Crippen LogP contribution is -2.24. The van der Waals surface area contributed by atoms with Crippen molar-refractivity contribution in [1.82, 2.24) is 4.90 Å². The summed E-state index contributed by atoms with van der Waals surface area (Å²) in [6.07, 6.45) is 1.21. The first-order valence-corrected chi connectivity index (χ1v) is 7.56. The Balaban J connectivity index is 2.62. The van der Waals surface area contributed by atoms with Crippen LogP contribution in [0, 0.1) is 0 Å². The first-order chi connectivity index (χ1) is 7.79. The third kappa shape index (κ3) is 4.93. The largest absolute Gasteiger partial charge is 0.506 e. The molecule has 0 radical (unpaired) electrons. The molecule has 1 rings (SSSR count). The minimum absolute atomic E-state index is 0.0559. The summed E-state index contributed by atoms with van der Waals surface area (Å²) in [4.78, 5) is 1.83. The standard InChI is InChI=1S/C11H16ClNO3S/c1-13(6-7-17(2,15)16)8-9-4-3-5-10(12)11(9)14/h3-5,14H,6-8H2,1-2H3. The highest BCUT2D eigenvalue weighted by Gasteiger charge is 2.10.